The first kappa shape index (κ1) is 17.0. The van der Waals surface area contributed by atoms with Gasteiger partial charge >= 0.3 is 6.18 Å². The number of nitrogens with zero attached hydrogens (tertiary/aromatic N) is 3. The van der Waals surface area contributed by atoms with Crippen molar-refractivity contribution in [1.29, 1.82) is 0 Å². The van der Waals surface area contributed by atoms with E-state index in [1.807, 2.05) is 9.47 Å². The van der Waals surface area contributed by atoms with Crippen molar-refractivity contribution in [3.8, 4) is 0 Å². The van der Waals surface area contributed by atoms with E-state index in [1.165, 1.54) is 12.1 Å². The molecule has 0 saturated carbocycles. The van der Waals surface area contributed by atoms with Crippen molar-refractivity contribution in [3.63, 3.8) is 0 Å². The average molecular weight is 339 g/mol. The Balaban J connectivity index is 1.62. The Kier molecular flexibility index (Phi) is 4.64. The highest BCUT2D eigenvalue weighted by molar-refractivity contribution is 5.29. The van der Waals surface area contributed by atoms with E-state index in [2.05, 4.69) is 4.98 Å². The van der Waals surface area contributed by atoms with Gasteiger partial charge in [0.2, 0.25) is 0 Å². The van der Waals surface area contributed by atoms with E-state index in [0.717, 1.165) is 6.07 Å². The number of aromatic nitrogens is 2. The van der Waals surface area contributed by atoms with Gasteiger partial charge in [0.1, 0.15) is 0 Å². The fourth-order valence-electron chi connectivity index (χ4n) is 3.18. The van der Waals surface area contributed by atoms with Crippen LogP contribution in [-0.4, -0.2) is 38.2 Å². The molecule has 130 valence electrons. The maximum Gasteiger partial charge on any atom is 0.416 e. The molecule has 0 spiro atoms. The second-order valence-corrected chi connectivity index (χ2v) is 6.39. The van der Waals surface area contributed by atoms with Gasteiger partial charge in [0.05, 0.1) is 24.0 Å². The molecule has 1 aliphatic rings. The molecule has 4 nitrogen and oxygen atoms in total. The Bertz CT molecular complexity index is 662. The lowest BCUT2D eigenvalue weighted by atomic mass is 9.91. The van der Waals surface area contributed by atoms with Gasteiger partial charge < -0.3 is 9.67 Å². The fourth-order valence-corrected chi connectivity index (χ4v) is 3.18. The highest BCUT2D eigenvalue weighted by Crippen LogP contribution is 2.33. The number of hydrogen-bond donors (Lipinski definition) is 1. The van der Waals surface area contributed by atoms with E-state index in [9.17, 15) is 18.3 Å². The standard InChI is InChI=1S/C17H20F3N3O/c18-17(19,20)15-4-2-1-3-14(15)11-22-8-5-16(24,6-9-22)12-23-10-7-21-13-23/h1-4,7,10,13,24H,5-6,8-9,11-12H2. The number of alkyl halides is 3. The minimum atomic E-state index is -4.34. The summed E-state index contributed by atoms with van der Waals surface area (Å²) in [6.45, 7) is 1.84. The largest absolute Gasteiger partial charge is 0.416 e. The lowest BCUT2D eigenvalue weighted by molar-refractivity contribution is -0.138. The zero-order chi connectivity index (χ0) is 17.2. The summed E-state index contributed by atoms with van der Waals surface area (Å²) in [5, 5.41) is 10.7. The summed E-state index contributed by atoms with van der Waals surface area (Å²) in [5.41, 5.74) is -1.13. The van der Waals surface area contributed by atoms with Crippen LogP contribution in [0, 0.1) is 0 Å². The highest BCUT2D eigenvalue weighted by atomic mass is 19.4. The molecule has 0 unspecified atom stereocenters. The molecule has 1 saturated heterocycles. The molecule has 1 aromatic heterocycles. The summed E-state index contributed by atoms with van der Waals surface area (Å²) < 4.78 is 41.0. The predicted molar refractivity (Wildman–Crippen MR) is 83.1 cm³/mol. The zero-order valence-corrected chi connectivity index (χ0v) is 13.2. The van der Waals surface area contributed by atoms with Gasteiger partial charge in [-0.15, -0.1) is 0 Å². The lowest BCUT2D eigenvalue weighted by Crippen LogP contribution is -2.46. The molecule has 1 fully saturated rings. The van der Waals surface area contributed by atoms with Crippen molar-refractivity contribution in [2.24, 2.45) is 0 Å². The number of halogens is 3. The van der Waals surface area contributed by atoms with E-state index < -0.39 is 17.3 Å². The number of benzene rings is 1. The number of piperidine rings is 1. The van der Waals surface area contributed by atoms with Gasteiger partial charge in [0, 0.05) is 32.0 Å². The van der Waals surface area contributed by atoms with Crippen LogP contribution < -0.4 is 0 Å². The lowest BCUT2D eigenvalue weighted by Gasteiger charge is -2.38. The van der Waals surface area contributed by atoms with E-state index in [1.54, 1.807) is 24.8 Å². The molecule has 1 aromatic carbocycles. The van der Waals surface area contributed by atoms with Crippen LogP contribution in [0.5, 0.6) is 0 Å². The molecule has 0 bridgehead atoms. The number of rotatable bonds is 4. The molecule has 0 aliphatic carbocycles. The van der Waals surface area contributed by atoms with Crippen LogP contribution in [0.4, 0.5) is 13.2 Å². The minimum absolute atomic E-state index is 0.247. The molecule has 0 amide bonds. The van der Waals surface area contributed by atoms with Crippen LogP contribution in [-0.2, 0) is 19.3 Å². The monoisotopic (exact) mass is 339 g/mol. The summed E-state index contributed by atoms with van der Waals surface area (Å²) in [7, 11) is 0. The van der Waals surface area contributed by atoms with Gasteiger partial charge in [-0.1, -0.05) is 18.2 Å². The molecule has 1 aliphatic heterocycles. The molecule has 0 radical (unpaired) electrons. The molecule has 3 rings (SSSR count). The van der Waals surface area contributed by atoms with Crippen molar-refractivity contribution in [2.45, 2.75) is 37.7 Å². The summed E-state index contributed by atoms with van der Waals surface area (Å²) >= 11 is 0. The molecule has 7 heteroatoms. The van der Waals surface area contributed by atoms with Crippen LogP contribution in [0.3, 0.4) is 0 Å². The zero-order valence-electron chi connectivity index (χ0n) is 13.2. The molecule has 2 aromatic rings. The molecule has 2 heterocycles. The van der Waals surface area contributed by atoms with Crippen LogP contribution in [0.15, 0.2) is 43.0 Å². The highest BCUT2D eigenvalue weighted by Gasteiger charge is 2.35. The summed E-state index contributed by atoms with van der Waals surface area (Å²) in [6.07, 6.45) is 1.83. The average Bonchev–Trinajstić information content (AvgIpc) is 3.02. The van der Waals surface area contributed by atoms with Crippen LogP contribution >= 0.6 is 0 Å². The fraction of sp³-hybridized carbons (Fsp3) is 0.471. The van der Waals surface area contributed by atoms with Gasteiger partial charge in [-0.05, 0) is 24.5 Å². The third kappa shape index (κ3) is 3.96. The van der Waals surface area contributed by atoms with Gasteiger partial charge in [-0.2, -0.15) is 13.2 Å². The molecule has 24 heavy (non-hydrogen) atoms. The van der Waals surface area contributed by atoms with Crippen molar-refractivity contribution >= 4 is 0 Å². The number of hydrogen-bond acceptors (Lipinski definition) is 3. The smallest absolute Gasteiger partial charge is 0.388 e. The Morgan fingerprint density at radius 2 is 1.88 bits per heavy atom. The third-order valence-corrected chi connectivity index (χ3v) is 4.54. The molecule has 0 atom stereocenters. The first-order valence-electron chi connectivity index (χ1n) is 7.91. The first-order valence-corrected chi connectivity index (χ1v) is 7.91. The van der Waals surface area contributed by atoms with Gasteiger partial charge in [0.15, 0.2) is 0 Å². The second kappa shape index (κ2) is 6.57. The number of aliphatic hydroxyl groups is 1. The Morgan fingerprint density at radius 1 is 1.17 bits per heavy atom. The van der Waals surface area contributed by atoms with Gasteiger partial charge in [-0.25, -0.2) is 4.98 Å². The summed E-state index contributed by atoms with van der Waals surface area (Å²) in [5.74, 6) is 0. The van der Waals surface area contributed by atoms with Crippen LogP contribution in [0.2, 0.25) is 0 Å². The normalized spacial score (nSPS) is 18.7. The maximum absolute atomic E-state index is 13.1. The summed E-state index contributed by atoms with van der Waals surface area (Å²) in [4.78, 5) is 5.92. The quantitative estimate of drug-likeness (QED) is 0.931. The SMILES string of the molecule is OC1(Cn2ccnc2)CCN(Cc2ccccc2C(F)(F)F)CC1. The Labute approximate surface area is 138 Å². The Hall–Kier alpha value is -1.86. The maximum atomic E-state index is 13.1. The van der Waals surface area contributed by atoms with Crippen LogP contribution in [0.1, 0.15) is 24.0 Å². The topological polar surface area (TPSA) is 41.3 Å². The van der Waals surface area contributed by atoms with Gasteiger partial charge in [0.25, 0.3) is 0 Å². The van der Waals surface area contributed by atoms with E-state index >= 15 is 0 Å². The molecular weight excluding hydrogens is 319 g/mol. The van der Waals surface area contributed by atoms with Crippen LogP contribution in [0.25, 0.3) is 0 Å². The minimum Gasteiger partial charge on any atom is -0.388 e. The van der Waals surface area contributed by atoms with E-state index in [0.29, 0.717) is 32.5 Å². The summed E-state index contributed by atoms with van der Waals surface area (Å²) in [6, 6.07) is 5.68. The first-order chi connectivity index (χ1) is 11.4. The van der Waals surface area contributed by atoms with E-state index in [-0.39, 0.29) is 12.1 Å². The molecular formula is C17H20F3N3O. The number of likely N-dealkylation sites (tertiary alicyclic amines) is 1. The van der Waals surface area contributed by atoms with Crippen molar-refractivity contribution < 1.29 is 18.3 Å². The second-order valence-electron chi connectivity index (χ2n) is 6.39. The number of imidazole rings is 1. The van der Waals surface area contributed by atoms with Crippen molar-refractivity contribution in [2.75, 3.05) is 13.1 Å². The third-order valence-electron chi connectivity index (χ3n) is 4.54. The molecule has 1 N–H and O–H groups in total. The van der Waals surface area contributed by atoms with Gasteiger partial charge in [-0.3, -0.25) is 4.90 Å². The van der Waals surface area contributed by atoms with E-state index in [4.69, 9.17) is 0 Å². The van der Waals surface area contributed by atoms with Crippen molar-refractivity contribution in [3.05, 3.63) is 54.1 Å². The predicted octanol–water partition coefficient (Wildman–Crippen LogP) is 2.93. The van der Waals surface area contributed by atoms with Crippen molar-refractivity contribution in [1.82, 2.24) is 14.5 Å². The Morgan fingerprint density at radius 3 is 2.50 bits per heavy atom.